The van der Waals surface area contributed by atoms with Gasteiger partial charge in [-0.15, -0.1) is 13.2 Å². The fourth-order valence-corrected chi connectivity index (χ4v) is 2.62. The average molecular weight is 458 g/mol. The Morgan fingerprint density at radius 2 is 1.64 bits per heavy atom. The second-order valence-corrected chi connectivity index (χ2v) is 6.17. The van der Waals surface area contributed by atoms with E-state index in [4.69, 9.17) is 0 Å². The van der Waals surface area contributed by atoms with E-state index in [2.05, 4.69) is 73.8 Å². The van der Waals surface area contributed by atoms with Crippen LogP contribution in [0.3, 0.4) is 0 Å². The van der Waals surface area contributed by atoms with Gasteiger partial charge in [-0.3, -0.25) is 0 Å². The van der Waals surface area contributed by atoms with Crippen LogP contribution in [0.2, 0.25) is 0 Å². The quantitative estimate of drug-likeness (QED) is 0.353. The third-order valence-corrected chi connectivity index (χ3v) is 4.06. The molecule has 1 aromatic heterocycles. The van der Waals surface area contributed by atoms with Gasteiger partial charge in [-0.05, 0) is 51.8 Å². The zero-order chi connectivity index (χ0) is 26.5. The van der Waals surface area contributed by atoms with Crippen LogP contribution in [0.15, 0.2) is 84.9 Å². The fraction of sp³-hybridized carbons (Fsp3) is 0.500. The van der Waals surface area contributed by atoms with Crippen LogP contribution in [0, 0.1) is 0 Å². The van der Waals surface area contributed by atoms with Crippen molar-refractivity contribution in [3.05, 3.63) is 90.6 Å². The highest BCUT2D eigenvalue weighted by molar-refractivity contribution is 5.28. The molecule has 0 saturated carbocycles. The molecule has 2 heterocycles. The molecule has 33 heavy (non-hydrogen) atoms. The van der Waals surface area contributed by atoms with Crippen molar-refractivity contribution in [3.63, 3.8) is 0 Å². The van der Waals surface area contributed by atoms with Gasteiger partial charge in [-0.2, -0.15) is 0 Å². The maximum atomic E-state index is 4.11. The third-order valence-electron chi connectivity index (χ3n) is 4.06. The van der Waals surface area contributed by atoms with Crippen LogP contribution in [0.25, 0.3) is 0 Å². The standard InChI is InChI=1S/C13H18N2.C9H15N.3C2H6.C2H4/c1-4-6-8-12(7-5-2)9-13-10-14-11-15(13)3;1-3-4-9-5-6-10-7-8(9)2;4*1-2/h4-8,10-11H,9H2,1-3H3;3-4,10H,5-7H2,1-2H3;3*1-2H3;1-2H2/b6-4-,7-5-,12-8+;4-3-;;;;. The SMILES string of the molecule is C/C=C\C1=C(C)CNCC1.C=C.CC.CC.CC.C\C=C/C=C(\C=C/C)Cc1cncn1C. The van der Waals surface area contributed by atoms with Crippen LogP contribution in [0.1, 0.15) is 81.4 Å². The number of allylic oxidation sites excluding steroid dienone is 8. The molecule has 1 N–H and O–H groups in total. The van der Waals surface area contributed by atoms with E-state index in [9.17, 15) is 0 Å². The molecule has 0 saturated heterocycles. The first kappa shape index (κ1) is 37.9. The van der Waals surface area contributed by atoms with E-state index < -0.39 is 0 Å². The molecule has 0 spiro atoms. The summed E-state index contributed by atoms with van der Waals surface area (Å²) in [6.07, 6.45) is 20.6. The van der Waals surface area contributed by atoms with E-state index >= 15 is 0 Å². The summed E-state index contributed by atoms with van der Waals surface area (Å²) in [7, 11) is 2.02. The van der Waals surface area contributed by atoms with Gasteiger partial charge in [-0.25, -0.2) is 4.98 Å². The predicted molar refractivity (Wildman–Crippen MR) is 155 cm³/mol. The first-order valence-corrected chi connectivity index (χ1v) is 12.5. The summed E-state index contributed by atoms with van der Waals surface area (Å²) in [5.74, 6) is 0. The van der Waals surface area contributed by atoms with Crippen molar-refractivity contribution in [2.24, 2.45) is 7.05 Å². The highest BCUT2D eigenvalue weighted by Crippen LogP contribution is 2.12. The fourth-order valence-electron chi connectivity index (χ4n) is 2.62. The van der Waals surface area contributed by atoms with Crippen LogP contribution < -0.4 is 5.32 Å². The Kier molecular flexibility index (Phi) is 36.5. The van der Waals surface area contributed by atoms with Gasteiger partial charge in [0.15, 0.2) is 0 Å². The molecule has 0 bridgehead atoms. The molecular formula is C30H55N3. The van der Waals surface area contributed by atoms with E-state index in [1.807, 2.05) is 85.6 Å². The summed E-state index contributed by atoms with van der Waals surface area (Å²) in [5, 5.41) is 3.33. The minimum Gasteiger partial charge on any atom is -0.337 e. The van der Waals surface area contributed by atoms with Crippen LogP contribution in [-0.2, 0) is 13.5 Å². The number of aromatic nitrogens is 2. The summed E-state index contributed by atoms with van der Waals surface area (Å²) in [6.45, 7) is 28.5. The average Bonchev–Trinajstić information content (AvgIpc) is 3.29. The zero-order valence-corrected chi connectivity index (χ0v) is 23.8. The lowest BCUT2D eigenvalue weighted by Gasteiger charge is -2.15. The van der Waals surface area contributed by atoms with Crippen molar-refractivity contribution in [2.75, 3.05) is 13.1 Å². The molecule has 3 nitrogen and oxygen atoms in total. The third kappa shape index (κ3) is 21.2. The van der Waals surface area contributed by atoms with Gasteiger partial charge in [0.1, 0.15) is 0 Å². The number of rotatable bonds is 5. The maximum absolute atomic E-state index is 4.11. The smallest absolute Gasteiger partial charge is 0.0945 e. The molecule has 0 aromatic carbocycles. The Morgan fingerprint density at radius 3 is 2.06 bits per heavy atom. The number of nitrogens with one attached hydrogen (secondary N) is 1. The minimum absolute atomic E-state index is 0.922. The number of imidazole rings is 1. The molecule has 0 atom stereocenters. The first-order chi connectivity index (χ1) is 16.1. The Labute approximate surface area is 207 Å². The topological polar surface area (TPSA) is 29.9 Å². The van der Waals surface area contributed by atoms with Crippen LogP contribution >= 0.6 is 0 Å². The molecule has 0 fully saturated rings. The minimum atomic E-state index is 0.922. The largest absolute Gasteiger partial charge is 0.337 e. The van der Waals surface area contributed by atoms with Crippen molar-refractivity contribution >= 4 is 0 Å². The van der Waals surface area contributed by atoms with Crippen LogP contribution in [0.5, 0.6) is 0 Å². The Morgan fingerprint density at radius 1 is 1.03 bits per heavy atom. The lowest BCUT2D eigenvalue weighted by Crippen LogP contribution is -2.23. The van der Waals surface area contributed by atoms with Gasteiger partial charge in [0.05, 0.1) is 6.33 Å². The van der Waals surface area contributed by atoms with E-state index in [-0.39, 0.29) is 0 Å². The van der Waals surface area contributed by atoms with Gasteiger partial charge in [0, 0.05) is 31.9 Å². The van der Waals surface area contributed by atoms with Crippen molar-refractivity contribution in [1.82, 2.24) is 14.9 Å². The molecule has 0 unspecified atom stereocenters. The van der Waals surface area contributed by atoms with Gasteiger partial charge >= 0.3 is 0 Å². The molecule has 3 heteroatoms. The van der Waals surface area contributed by atoms with Crippen LogP contribution in [-0.4, -0.2) is 22.6 Å². The summed E-state index contributed by atoms with van der Waals surface area (Å²) in [6, 6.07) is 0. The van der Waals surface area contributed by atoms with Crippen molar-refractivity contribution in [1.29, 1.82) is 0 Å². The number of aryl methyl sites for hydroxylation is 1. The molecule has 0 aliphatic carbocycles. The second kappa shape index (κ2) is 31.8. The highest BCUT2D eigenvalue weighted by atomic mass is 15.0. The van der Waals surface area contributed by atoms with Crippen molar-refractivity contribution in [3.8, 4) is 0 Å². The molecule has 2 rings (SSSR count). The monoisotopic (exact) mass is 457 g/mol. The summed E-state index contributed by atoms with van der Waals surface area (Å²) in [5.41, 5.74) is 5.52. The van der Waals surface area contributed by atoms with E-state index in [0.717, 1.165) is 19.5 Å². The molecule has 1 aromatic rings. The summed E-state index contributed by atoms with van der Waals surface area (Å²) < 4.78 is 2.05. The molecule has 190 valence electrons. The first-order valence-electron chi connectivity index (χ1n) is 12.5. The Hall–Kier alpha value is -2.39. The van der Waals surface area contributed by atoms with Crippen molar-refractivity contribution < 1.29 is 0 Å². The van der Waals surface area contributed by atoms with Gasteiger partial charge < -0.3 is 9.88 Å². The molecule has 0 amide bonds. The second-order valence-electron chi connectivity index (χ2n) is 6.17. The highest BCUT2D eigenvalue weighted by Gasteiger charge is 2.04. The molecule has 0 radical (unpaired) electrons. The van der Waals surface area contributed by atoms with Gasteiger partial charge in [-0.1, -0.05) is 89.6 Å². The molecular weight excluding hydrogens is 402 g/mol. The summed E-state index contributed by atoms with van der Waals surface area (Å²) >= 11 is 0. The molecule has 1 aliphatic rings. The lowest BCUT2D eigenvalue weighted by atomic mass is 10.0. The van der Waals surface area contributed by atoms with Gasteiger partial charge in [0.2, 0.25) is 0 Å². The van der Waals surface area contributed by atoms with E-state index in [1.54, 1.807) is 0 Å². The zero-order valence-electron chi connectivity index (χ0n) is 23.8. The van der Waals surface area contributed by atoms with Gasteiger partial charge in [0.25, 0.3) is 0 Å². The number of hydrogen-bond donors (Lipinski definition) is 1. The number of nitrogens with zero attached hydrogens (tertiary/aromatic N) is 2. The molecule has 1 aliphatic heterocycles. The van der Waals surface area contributed by atoms with E-state index in [1.165, 1.54) is 28.8 Å². The normalized spacial score (nSPS) is 12.9. The lowest BCUT2D eigenvalue weighted by molar-refractivity contribution is 0.686. The maximum Gasteiger partial charge on any atom is 0.0945 e. The van der Waals surface area contributed by atoms with Crippen LogP contribution in [0.4, 0.5) is 0 Å². The van der Waals surface area contributed by atoms with E-state index in [0.29, 0.717) is 0 Å². The Bertz CT molecular complexity index is 670. The predicted octanol–water partition coefficient (Wildman–Crippen LogP) is 8.79. The Balaban J connectivity index is -0.000000203. The number of hydrogen-bond acceptors (Lipinski definition) is 2. The summed E-state index contributed by atoms with van der Waals surface area (Å²) in [4.78, 5) is 4.11. The van der Waals surface area contributed by atoms with Crippen molar-refractivity contribution in [2.45, 2.75) is 82.1 Å².